The Morgan fingerprint density at radius 1 is 1.19 bits per heavy atom. The van der Waals surface area contributed by atoms with Crippen molar-refractivity contribution in [3.63, 3.8) is 0 Å². The Labute approximate surface area is 153 Å². The minimum absolute atomic E-state index is 0.00339. The molecular formula is C20H25N3O3. The Bertz CT molecular complexity index is 771. The van der Waals surface area contributed by atoms with Crippen LogP contribution in [0.1, 0.15) is 48.6 Å². The maximum Gasteiger partial charge on any atom is 0.226 e. The number of amides is 1. The first-order valence-electron chi connectivity index (χ1n) is 9.38. The summed E-state index contributed by atoms with van der Waals surface area (Å²) in [6.07, 6.45) is 5.22. The van der Waals surface area contributed by atoms with Crippen molar-refractivity contribution in [1.29, 1.82) is 0 Å². The van der Waals surface area contributed by atoms with Gasteiger partial charge in [-0.3, -0.25) is 4.79 Å². The maximum absolute atomic E-state index is 12.6. The molecule has 1 heterocycles. The third kappa shape index (κ3) is 3.08. The number of aromatic nitrogens is 2. The highest BCUT2D eigenvalue weighted by Gasteiger charge is 2.51. The van der Waals surface area contributed by atoms with E-state index in [-0.39, 0.29) is 18.4 Å². The molecule has 2 fully saturated rings. The molecule has 2 aliphatic rings. The number of hydrogen-bond acceptors (Lipinski definition) is 5. The van der Waals surface area contributed by atoms with Crippen molar-refractivity contribution in [3.8, 4) is 5.75 Å². The van der Waals surface area contributed by atoms with Crippen LogP contribution in [0.5, 0.6) is 5.75 Å². The lowest BCUT2D eigenvalue weighted by molar-refractivity contribution is -0.124. The van der Waals surface area contributed by atoms with Gasteiger partial charge in [0.05, 0.1) is 13.5 Å². The molecule has 0 saturated heterocycles. The summed E-state index contributed by atoms with van der Waals surface area (Å²) in [7, 11) is 1.68. The standard InChI is InChI=1S/C20H25N3O3/c1-12-17(23-26-22-12)11-18(24)21-20-16-6-4-3-5-15(16)19(20)13-7-9-14(25-2)10-8-13/h7-10,15-16,19-20H,3-6,11H2,1-2H3,(H,21,24)/t15-,16+,19+,20+/m1/s1. The molecule has 138 valence electrons. The van der Waals surface area contributed by atoms with Crippen LogP contribution in [0, 0.1) is 18.8 Å². The average Bonchev–Trinajstić information content (AvgIpc) is 3.05. The summed E-state index contributed by atoms with van der Waals surface area (Å²) in [6, 6.07) is 8.49. The van der Waals surface area contributed by atoms with Gasteiger partial charge in [-0.25, -0.2) is 4.63 Å². The van der Waals surface area contributed by atoms with Crippen molar-refractivity contribution in [2.75, 3.05) is 7.11 Å². The van der Waals surface area contributed by atoms with Gasteiger partial charge < -0.3 is 10.1 Å². The van der Waals surface area contributed by atoms with Crippen LogP contribution in [0.3, 0.4) is 0 Å². The normalized spacial score (nSPS) is 27.3. The Hall–Kier alpha value is -2.37. The molecule has 2 aromatic rings. The zero-order chi connectivity index (χ0) is 18.1. The van der Waals surface area contributed by atoms with Crippen molar-refractivity contribution in [1.82, 2.24) is 15.6 Å². The van der Waals surface area contributed by atoms with Crippen LogP contribution in [0.2, 0.25) is 0 Å². The summed E-state index contributed by atoms with van der Waals surface area (Å²) in [5.74, 6) is 2.49. The van der Waals surface area contributed by atoms with Gasteiger partial charge in [-0.1, -0.05) is 35.3 Å². The number of fused-ring (bicyclic) bond motifs is 1. The summed E-state index contributed by atoms with van der Waals surface area (Å²) in [5, 5.41) is 10.9. The number of carbonyl (C=O) groups is 1. The molecule has 0 aliphatic heterocycles. The molecule has 0 radical (unpaired) electrons. The summed E-state index contributed by atoms with van der Waals surface area (Å²) < 4.78 is 9.97. The third-order valence-electron chi connectivity index (χ3n) is 6.09. The molecule has 0 spiro atoms. The number of rotatable bonds is 5. The second-order valence-electron chi connectivity index (χ2n) is 7.48. The molecule has 1 aromatic carbocycles. The smallest absolute Gasteiger partial charge is 0.226 e. The molecule has 26 heavy (non-hydrogen) atoms. The van der Waals surface area contributed by atoms with Crippen LogP contribution in [0.4, 0.5) is 0 Å². The van der Waals surface area contributed by atoms with Gasteiger partial charge in [-0.2, -0.15) is 0 Å². The van der Waals surface area contributed by atoms with E-state index in [1.807, 2.05) is 12.1 Å². The minimum Gasteiger partial charge on any atom is -0.497 e. The predicted molar refractivity (Wildman–Crippen MR) is 95.9 cm³/mol. The second-order valence-corrected chi connectivity index (χ2v) is 7.48. The molecule has 0 unspecified atom stereocenters. The van der Waals surface area contributed by atoms with Crippen LogP contribution < -0.4 is 10.1 Å². The molecule has 4 rings (SSSR count). The number of hydrogen-bond donors (Lipinski definition) is 1. The molecule has 1 aromatic heterocycles. The number of benzene rings is 1. The maximum atomic E-state index is 12.6. The highest BCUT2D eigenvalue weighted by molar-refractivity contribution is 5.79. The minimum atomic E-state index is -0.00339. The quantitative estimate of drug-likeness (QED) is 0.892. The summed E-state index contributed by atoms with van der Waals surface area (Å²) in [5.41, 5.74) is 2.58. The van der Waals surface area contributed by atoms with E-state index in [2.05, 4.69) is 27.8 Å². The summed E-state index contributed by atoms with van der Waals surface area (Å²) in [4.78, 5) is 12.6. The van der Waals surface area contributed by atoms with E-state index in [9.17, 15) is 4.79 Å². The number of ether oxygens (including phenoxy) is 1. The lowest BCUT2D eigenvalue weighted by Crippen LogP contribution is -2.59. The van der Waals surface area contributed by atoms with E-state index in [0.29, 0.717) is 29.1 Å². The molecular weight excluding hydrogens is 330 g/mol. The van der Waals surface area contributed by atoms with Gasteiger partial charge in [0, 0.05) is 12.0 Å². The van der Waals surface area contributed by atoms with Gasteiger partial charge in [0.2, 0.25) is 5.91 Å². The topological polar surface area (TPSA) is 77.2 Å². The predicted octanol–water partition coefficient (Wildman–Crippen LogP) is 3.02. The second kappa shape index (κ2) is 7.09. The van der Waals surface area contributed by atoms with Gasteiger partial charge in [-0.15, -0.1) is 0 Å². The number of nitrogens with one attached hydrogen (secondary N) is 1. The molecule has 0 bridgehead atoms. The van der Waals surface area contributed by atoms with E-state index in [0.717, 1.165) is 5.75 Å². The zero-order valence-corrected chi connectivity index (χ0v) is 15.3. The van der Waals surface area contributed by atoms with E-state index in [1.54, 1.807) is 14.0 Å². The molecule has 4 atom stereocenters. The number of nitrogens with zero attached hydrogens (tertiary/aromatic N) is 2. The van der Waals surface area contributed by atoms with Crippen LogP contribution >= 0.6 is 0 Å². The van der Waals surface area contributed by atoms with Gasteiger partial charge in [-0.05, 0) is 49.3 Å². The molecule has 6 nitrogen and oxygen atoms in total. The number of methoxy groups -OCH3 is 1. The van der Waals surface area contributed by atoms with Crippen LogP contribution in [0.15, 0.2) is 28.9 Å². The van der Waals surface area contributed by atoms with E-state index in [1.165, 1.54) is 31.2 Å². The molecule has 2 aliphatic carbocycles. The molecule has 2 saturated carbocycles. The Kier molecular flexibility index (Phi) is 4.66. The first kappa shape index (κ1) is 17.1. The highest BCUT2D eigenvalue weighted by atomic mass is 16.6. The molecule has 6 heteroatoms. The summed E-state index contributed by atoms with van der Waals surface area (Å²) in [6.45, 7) is 1.81. The Morgan fingerprint density at radius 2 is 1.92 bits per heavy atom. The number of carbonyl (C=O) groups excluding carboxylic acids is 1. The van der Waals surface area contributed by atoms with Gasteiger partial charge in [0.1, 0.15) is 17.1 Å². The van der Waals surface area contributed by atoms with Gasteiger partial charge in [0.15, 0.2) is 0 Å². The third-order valence-corrected chi connectivity index (χ3v) is 6.09. The fourth-order valence-electron chi connectivity index (χ4n) is 4.74. The van der Waals surface area contributed by atoms with Crippen LogP contribution in [-0.4, -0.2) is 29.4 Å². The zero-order valence-electron chi connectivity index (χ0n) is 15.3. The fraction of sp³-hybridized carbons (Fsp3) is 0.550. The SMILES string of the molecule is COc1ccc([C@H]2[C@@H]3CCCC[C@@H]3[C@@H]2NC(=O)Cc2nonc2C)cc1. The average molecular weight is 355 g/mol. The van der Waals surface area contributed by atoms with E-state index >= 15 is 0 Å². The molecule has 1 amide bonds. The van der Waals surface area contributed by atoms with E-state index < -0.39 is 0 Å². The van der Waals surface area contributed by atoms with Gasteiger partial charge in [0.25, 0.3) is 0 Å². The highest BCUT2D eigenvalue weighted by Crippen LogP contribution is 2.54. The first-order valence-corrected chi connectivity index (χ1v) is 9.38. The van der Waals surface area contributed by atoms with Crippen molar-refractivity contribution >= 4 is 5.91 Å². The molecule has 1 N–H and O–H groups in total. The summed E-state index contributed by atoms with van der Waals surface area (Å²) >= 11 is 0. The largest absolute Gasteiger partial charge is 0.497 e. The lowest BCUT2D eigenvalue weighted by Gasteiger charge is -2.55. The Morgan fingerprint density at radius 3 is 2.58 bits per heavy atom. The lowest BCUT2D eigenvalue weighted by atomic mass is 9.53. The number of aryl methyl sites for hydroxylation is 1. The van der Waals surface area contributed by atoms with Crippen LogP contribution in [-0.2, 0) is 11.2 Å². The van der Waals surface area contributed by atoms with Crippen molar-refractivity contribution in [2.45, 2.75) is 51.0 Å². The van der Waals surface area contributed by atoms with E-state index in [4.69, 9.17) is 9.37 Å². The van der Waals surface area contributed by atoms with Crippen molar-refractivity contribution < 1.29 is 14.2 Å². The Balaban J connectivity index is 1.49. The monoisotopic (exact) mass is 355 g/mol. The van der Waals surface area contributed by atoms with Crippen LogP contribution in [0.25, 0.3) is 0 Å². The van der Waals surface area contributed by atoms with Gasteiger partial charge >= 0.3 is 0 Å². The first-order chi connectivity index (χ1) is 12.7. The van der Waals surface area contributed by atoms with Crippen molar-refractivity contribution in [2.24, 2.45) is 11.8 Å². The fourth-order valence-corrected chi connectivity index (χ4v) is 4.74. The van der Waals surface area contributed by atoms with Crippen molar-refractivity contribution in [3.05, 3.63) is 41.2 Å².